The number of nitriles is 2. The van der Waals surface area contributed by atoms with Crippen molar-refractivity contribution >= 4 is 11.6 Å². The van der Waals surface area contributed by atoms with Crippen LogP contribution in [0.3, 0.4) is 0 Å². The number of hydrogen-bond acceptors (Lipinski definition) is 4. The van der Waals surface area contributed by atoms with Crippen molar-refractivity contribution in [3.05, 3.63) is 58.9 Å². The van der Waals surface area contributed by atoms with Crippen LogP contribution >= 0.6 is 11.6 Å². The molecule has 0 bridgehead atoms. The summed E-state index contributed by atoms with van der Waals surface area (Å²) >= 11 is 5.86. The molecule has 1 N–H and O–H groups in total. The Labute approximate surface area is 131 Å². The molecule has 0 aliphatic rings. The molecule has 6 nitrogen and oxygen atoms in total. The largest absolute Gasteiger partial charge is 0.340 e. The van der Waals surface area contributed by atoms with Crippen molar-refractivity contribution in [1.82, 2.24) is 19.5 Å². The van der Waals surface area contributed by atoms with Crippen LogP contribution in [0.2, 0.25) is 5.02 Å². The lowest BCUT2D eigenvalue weighted by Crippen LogP contribution is -2.01. The zero-order chi connectivity index (χ0) is 15.5. The third kappa shape index (κ3) is 2.56. The van der Waals surface area contributed by atoms with Gasteiger partial charge in [0.05, 0.1) is 24.8 Å². The maximum atomic E-state index is 9.11. The molecule has 0 aliphatic heterocycles. The van der Waals surface area contributed by atoms with E-state index in [2.05, 4.69) is 15.0 Å². The fourth-order valence-electron chi connectivity index (χ4n) is 2.08. The van der Waals surface area contributed by atoms with Gasteiger partial charge in [0.25, 0.3) is 0 Å². The van der Waals surface area contributed by atoms with Crippen LogP contribution in [0.1, 0.15) is 17.1 Å². The van der Waals surface area contributed by atoms with Crippen molar-refractivity contribution in [2.75, 3.05) is 0 Å². The first-order chi connectivity index (χ1) is 10.7. The van der Waals surface area contributed by atoms with E-state index < -0.39 is 0 Å². The Morgan fingerprint density at radius 1 is 1.14 bits per heavy atom. The summed E-state index contributed by atoms with van der Waals surface area (Å²) < 4.78 is 1.61. The highest BCUT2D eigenvalue weighted by Crippen LogP contribution is 2.19. The lowest BCUT2D eigenvalue weighted by molar-refractivity contribution is 0.768. The molecule has 0 saturated carbocycles. The van der Waals surface area contributed by atoms with E-state index in [9.17, 15) is 0 Å². The molecule has 2 aromatic heterocycles. The fraction of sp³-hybridized carbons (Fsp3) is 0.0667. The van der Waals surface area contributed by atoms with Gasteiger partial charge in [-0.05, 0) is 24.3 Å². The maximum absolute atomic E-state index is 9.11. The monoisotopic (exact) mass is 308 g/mol. The summed E-state index contributed by atoms with van der Waals surface area (Å²) in [5.74, 6) is 0.714. The Morgan fingerprint density at radius 2 is 1.91 bits per heavy atom. The average molecular weight is 309 g/mol. The van der Waals surface area contributed by atoms with Gasteiger partial charge in [0.15, 0.2) is 11.4 Å². The van der Waals surface area contributed by atoms with Gasteiger partial charge >= 0.3 is 0 Å². The van der Waals surface area contributed by atoms with Gasteiger partial charge in [-0.2, -0.15) is 10.5 Å². The van der Waals surface area contributed by atoms with Crippen LogP contribution in [-0.2, 0) is 6.54 Å². The van der Waals surface area contributed by atoms with E-state index in [1.54, 1.807) is 22.9 Å². The Balaban J connectivity index is 1.86. The highest BCUT2D eigenvalue weighted by atomic mass is 35.5. The summed E-state index contributed by atoms with van der Waals surface area (Å²) in [6.07, 6.45) is 3.16. The first kappa shape index (κ1) is 13.9. The van der Waals surface area contributed by atoms with E-state index in [1.165, 1.54) is 6.33 Å². The second kappa shape index (κ2) is 5.72. The highest BCUT2D eigenvalue weighted by Gasteiger charge is 2.11. The number of imidazole rings is 2. The molecule has 1 aromatic carbocycles. The van der Waals surface area contributed by atoms with Crippen LogP contribution in [-0.4, -0.2) is 19.5 Å². The zero-order valence-electron chi connectivity index (χ0n) is 11.3. The van der Waals surface area contributed by atoms with Gasteiger partial charge in [-0.25, -0.2) is 9.97 Å². The summed E-state index contributed by atoms with van der Waals surface area (Å²) in [6, 6.07) is 11.2. The van der Waals surface area contributed by atoms with Crippen LogP contribution in [0, 0.1) is 22.7 Å². The Bertz CT molecular complexity index is 891. The van der Waals surface area contributed by atoms with Crippen LogP contribution < -0.4 is 0 Å². The van der Waals surface area contributed by atoms with E-state index in [0.29, 0.717) is 17.4 Å². The topological polar surface area (TPSA) is 94.1 Å². The second-order valence-electron chi connectivity index (χ2n) is 4.56. The van der Waals surface area contributed by atoms with Crippen molar-refractivity contribution in [2.24, 2.45) is 0 Å². The average Bonchev–Trinajstić information content (AvgIpc) is 3.15. The zero-order valence-corrected chi connectivity index (χ0v) is 12.0. The van der Waals surface area contributed by atoms with Crippen molar-refractivity contribution in [3.63, 3.8) is 0 Å². The molecule has 106 valence electrons. The predicted molar refractivity (Wildman–Crippen MR) is 79.8 cm³/mol. The number of rotatable bonds is 3. The van der Waals surface area contributed by atoms with E-state index >= 15 is 0 Å². The lowest BCUT2D eigenvalue weighted by atomic mass is 10.2. The summed E-state index contributed by atoms with van der Waals surface area (Å²) in [4.78, 5) is 11.4. The van der Waals surface area contributed by atoms with Crippen molar-refractivity contribution < 1.29 is 0 Å². The van der Waals surface area contributed by atoms with Gasteiger partial charge in [0.1, 0.15) is 18.0 Å². The summed E-state index contributed by atoms with van der Waals surface area (Å²) in [6.45, 7) is 0.387. The smallest absolute Gasteiger partial charge is 0.176 e. The van der Waals surface area contributed by atoms with Gasteiger partial charge in [0.2, 0.25) is 0 Å². The van der Waals surface area contributed by atoms with E-state index in [-0.39, 0.29) is 11.4 Å². The second-order valence-corrected chi connectivity index (χ2v) is 4.99. The normalized spacial score (nSPS) is 10.1. The number of H-pyrrole nitrogens is 1. The molecule has 0 saturated heterocycles. The standard InChI is InChI=1S/C15H9ClN6/c16-11-3-1-10(2-4-11)15-19-7-12(21-15)8-22-9-20-13(5-17)14(22)6-18/h1-4,7,9H,8H2,(H,19,21). The van der Waals surface area contributed by atoms with Crippen LogP contribution in [0.15, 0.2) is 36.8 Å². The third-order valence-electron chi connectivity index (χ3n) is 3.14. The molecule has 3 aromatic rings. The molecular formula is C15H9ClN6. The van der Waals surface area contributed by atoms with Gasteiger partial charge in [0, 0.05) is 10.6 Å². The number of hydrogen-bond donors (Lipinski definition) is 1. The molecule has 0 fully saturated rings. The van der Waals surface area contributed by atoms with Gasteiger partial charge in [-0.3, -0.25) is 0 Å². The van der Waals surface area contributed by atoms with Crippen LogP contribution in [0.25, 0.3) is 11.4 Å². The van der Waals surface area contributed by atoms with Gasteiger partial charge in [-0.15, -0.1) is 0 Å². The van der Waals surface area contributed by atoms with Crippen molar-refractivity contribution in [1.29, 1.82) is 10.5 Å². The van der Waals surface area contributed by atoms with Crippen molar-refractivity contribution in [3.8, 4) is 23.5 Å². The first-order valence-electron chi connectivity index (χ1n) is 6.36. The summed E-state index contributed by atoms with van der Waals surface area (Å²) in [5, 5.41) is 18.7. The fourth-order valence-corrected chi connectivity index (χ4v) is 2.20. The van der Waals surface area contributed by atoms with E-state index in [0.717, 1.165) is 11.3 Å². The molecule has 0 unspecified atom stereocenters. The number of nitrogens with one attached hydrogen (secondary N) is 1. The number of aromatic nitrogens is 4. The molecule has 22 heavy (non-hydrogen) atoms. The van der Waals surface area contributed by atoms with Crippen LogP contribution in [0.4, 0.5) is 0 Å². The van der Waals surface area contributed by atoms with E-state index in [4.69, 9.17) is 22.1 Å². The Hall–Kier alpha value is -3.09. The summed E-state index contributed by atoms with van der Waals surface area (Å²) in [5.41, 5.74) is 2.09. The molecule has 0 amide bonds. The summed E-state index contributed by atoms with van der Waals surface area (Å²) in [7, 11) is 0. The molecule has 0 radical (unpaired) electrons. The molecule has 3 rings (SSSR count). The maximum Gasteiger partial charge on any atom is 0.176 e. The molecule has 0 aliphatic carbocycles. The Kier molecular flexibility index (Phi) is 3.61. The minimum atomic E-state index is 0.125. The molecular weight excluding hydrogens is 300 g/mol. The number of halogens is 1. The van der Waals surface area contributed by atoms with E-state index in [1.807, 2.05) is 24.3 Å². The third-order valence-corrected chi connectivity index (χ3v) is 3.39. The van der Waals surface area contributed by atoms with Crippen LogP contribution in [0.5, 0.6) is 0 Å². The molecule has 7 heteroatoms. The highest BCUT2D eigenvalue weighted by molar-refractivity contribution is 6.30. The predicted octanol–water partition coefficient (Wildman–Crippen LogP) is 2.72. The van der Waals surface area contributed by atoms with Gasteiger partial charge < -0.3 is 9.55 Å². The Morgan fingerprint density at radius 3 is 2.59 bits per heavy atom. The van der Waals surface area contributed by atoms with Crippen molar-refractivity contribution in [2.45, 2.75) is 6.54 Å². The quantitative estimate of drug-likeness (QED) is 0.805. The molecule has 2 heterocycles. The van der Waals surface area contributed by atoms with Gasteiger partial charge in [-0.1, -0.05) is 11.6 Å². The lowest BCUT2D eigenvalue weighted by Gasteiger charge is -2.01. The SMILES string of the molecule is N#Cc1ncn(Cc2cnc(-c3ccc(Cl)cc3)[nH]2)c1C#N. The molecule has 0 spiro atoms. The number of aromatic amines is 1. The molecule has 0 atom stereocenters. The number of nitrogens with zero attached hydrogens (tertiary/aromatic N) is 5. The first-order valence-corrected chi connectivity index (χ1v) is 6.74. The number of benzene rings is 1. The minimum absolute atomic E-state index is 0.125. The minimum Gasteiger partial charge on any atom is -0.340 e.